The molecule has 2 N–H and O–H groups in total. The molecule has 0 saturated carbocycles. The molecule has 3 heterocycles. The molecule has 0 bridgehead atoms. The summed E-state index contributed by atoms with van der Waals surface area (Å²) in [6.07, 6.45) is 2.53. The second-order valence-corrected chi connectivity index (χ2v) is 8.35. The predicted octanol–water partition coefficient (Wildman–Crippen LogP) is 3.52. The lowest BCUT2D eigenvalue weighted by molar-refractivity contribution is 0.122. The van der Waals surface area contributed by atoms with Crippen LogP contribution in [0.25, 0.3) is 22.3 Å². The van der Waals surface area contributed by atoms with Gasteiger partial charge in [-0.15, -0.1) is 0 Å². The normalized spacial score (nSPS) is 16.2. The molecular weight excluding hydrogens is 407 g/mol. The van der Waals surface area contributed by atoms with E-state index in [-0.39, 0.29) is 0 Å². The number of morpholine rings is 1. The monoisotopic (exact) mass is 438 g/mol. The fourth-order valence-electron chi connectivity index (χ4n) is 3.78. The molecule has 2 unspecified atom stereocenters. The van der Waals surface area contributed by atoms with Gasteiger partial charge in [-0.25, -0.2) is 14.4 Å². The second kappa shape index (κ2) is 10.7. The highest BCUT2D eigenvalue weighted by Crippen LogP contribution is 2.27. The first kappa shape index (κ1) is 22.4. The molecule has 3 aromatic rings. The Hall–Kier alpha value is -2.84. The highest BCUT2D eigenvalue weighted by Gasteiger charge is 2.14. The summed E-state index contributed by atoms with van der Waals surface area (Å²) in [5.74, 6) is 1.02. The lowest BCUT2D eigenvalue weighted by atomic mass is 10.1. The molecule has 1 aliphatic heterocycles. The Kier molecular flexibility index (Phi) is 7.44. The third kappa shape index (κ3) is 5.69. The smallest absolute Gasteiger partial charge is 0.154 e. The molecule has 4 rings (SSSR count). The largest absolute Gasteiger partial charge is 0.378 e. The number of aromatic nitrogens is 3. The number of anilines is 2. The van der Waals surface area contributed by atoms with Crippen LogP contribution >= 0.6 is 0 Å². The fraction of sp³-hybridized carbons (Fsp3) is 0.458. The minimum absolute atomic E-state index is 0.304. The first-order chi connectivity index (χ1) is 15.6. The van der Waals surface area contributed by atoms with Crippen LogP contribution in [0.3, 0.4) is 0 Å². The number of fused-ring (bicyclic) bond motifs is 1. The van der Waals surface area contributed by atoms with Crippen molar-refractivity contribution in [3.05, 3.63) is 42.7 Å². The van der Waals surface area contributed by atoms with E-state index in [1.807, 2.05) is 6.07 Å². The van der Waals surface area contributed by atoms with Gasteiger partial charge in [-0.1, -0.05) is 19.1 Å². The molecule has 170 valence electrons. The molecule has 0 aliphatic carbocycles. The number of nitrogens with zero attached hydrogens (tertiary/aromatic N) is 4. The highest BCUT2D eigenvalue weighted by atomic mass is 19.1. The number of alkyl halides is 1. The van der Waals surface area contributed by atoms with Gasteiger partial charge >= 0.3 is 0 Å². The Morgan fingerprint density at radius 1 is 1.03 bits per heavy atom. The predicted molar refractivity (Wildman–Crippen MR) is 127 cm³/mol. The van der Waals surface area contributed by atoms with Gasteiger partial charge in [0.15, 0.2) is 5.82 Å². The molecule has 2 atom stereocenters. The van der Waals surface area contributed by atoms with Gasteiger partial charge in [0, 0.05) is 49.8 Å². The molecule has 7 nitrogen and oxygen atoms in total. The van der Waals surface area contributed by atoms with Crippen LogP contribution in [0.4, 0.5) is 15.9 Å². The summed E-state index contributed by atoms with van der Waals surface area (Å²) >= 11 is 0. The number of benzene rings is 1. The quantitative estimate of drug-likeness (QED) is 0.529. The first-order valence-electron chi connectivity index (χ1n) is 11.2. The molecule has 0 radical (unpaired) electrons. The van der Waals surface area contributed by atoms with E-state index in [2.05, 4.69) is 56.7 Å². The Labute approximate surface area is 188 Å². The summed E-state index contributed by atoms with van der Waals surface area (Å²) in [6.45, 7) is 8.83. The highest BCUT2D eigenvalue weighted by molar-refractivity contribution is 5.88. The van der Waals surface area contributed by atoms with Crippen LogP contribution in [0.5, 0.6) is 0 Å². The van der Waals surface area contributed by atoms with Gasteiger partial charge in [0.25, 0.3) is 0 Å². The fourth-order valence-corrected chi connectivity index (χ4v) is 3.78. The summed E-state index contributed by atoms with van der Waals surface area (Å²) in [5.41, 5.74) is 4.63. The van der Waals surface area contributed by atoms with Crippen molar-refractivity contribution >= 4 is 22.5 Å². The summed E-state index contributed by atoms with van der Waals surface area (Å²) in [7, 11) is 0. The maximum Gasteiger partial charge on any atom is 0.154 e. The molecule has 1 aromatic carbocycles. The lowest BCUT2D eigenvalue weighted by Crippen LogP contribution is -2.36. The average Bonchev–Trinajstić information content (AvgIpc) is 2.83. The molecule has 2 aromatic heterocycles. The summed E-state index contributed by atoms with van der Waals surface area (Å²) in [6, 6.07) is 10.4. The average molecular weight is 439 g/mol. The summed E-state index contributed by atoms with van der Waals surface area (Å²) < 4.78 is 18.4. The molecule has 1 saturated heterocycles. The van der Waals surface area contributed by atoms with Crippen molar-refractivity contribution in [2.75, 3.05) is 56.2 Å². The number of hydrogen-bond acceptors (Lipinski definition) is 7. The third-order valence-corrected chi connectivity index (χ3v) is 5.53. The topological polar surface area (TPSA) is 75.2 Å². The van der Waals surface area contributed by atoms with Crippen molar-refractivity contribution in [3.63, 3.8) is 0 Å². The van der Waals surface area contributed by atoms with Crippen molar-refractivity contribution < 1.29 is 9.13 Å². The molecule has 1 fully saturated rings. The van der Waals surface area contributed by atoms with Gasteiger partial charge < -0.3 is 20.3 Å². The van der Waals surface area contributed by atoms with Crippen LogP contribution < -0.4 is 15.5 Å². The zero-order valence-corrected chi connectivity index (χ0v) is 18.7. The number of ether oxygens (including phenoxy) is 1. The minimum atomic E-state index is -0.845. The molecule has 32 heavy (non-hydrogen) atoms. The SMILES string of the molecule is CC(F)CNCC(C)CNc1nc(-c2ccc(N3CCOCC3)cc2)cc2nccnc12. The Bertz CT molecular complexity index is 1010. The van der Waals surface area contributed by atoms with Crippen LogP contribution in [-0.4, -0.2) is 67.1 Å². The van der Waals surface area contributed by atoms with E-state index in [1.54, 1.807) is 19.3 Å². The van der Waals surface area contributed by atoms with E-state index < -0.39 is 6.17 Å². The number of nitrogens with one attached hydrogen (secondary N) is 2. The van der Waals surface area contributed by atoms with Crippen molar-refractivity contribution in [2.45, 2.75) is 20.0 Å². The van der Waals surface area contributed by atoms with Gasteiger partial charge in [0.2, 0.25) is 0 Å². The maximum atomic E-state index is 13.0. The zero-order chi connectivity index (χ0) is 22.3. The van der Waals surface area contributed by atoms with E-state index >= 15 is 0 Å². The van der Waals surface area contributed by atoms with E-state index in [0.717, 1.165) is 55.1 Å². The second-order valence-electron chi connectivity index (χ2n) is 8.35. The van der Waals surface area contributed by atoms with Crippen LogP contribution in [0.2, 0.25) is 0 Å². The Morgan fingerprint density at radius 2 is 1.78 bits per heavy atom. The zero-order valence-electron chi connectivity index (χ0n) is 18.7. The van der Waals surface area contributed by atoms with Gasteiger partial charge in [0.05, 0.1) is 24.4 Å². The van der Waals surface area contributed by atoms with Gasteiger partial charge in [-0.05, 0) is 37.6 Å². The van der Waals surface area contributed by atoms with Crippen LogP contribution in [0, 0.1) is 5.92 Å². The summed E-state index contributed by atoms with van der Waals surface area (Å²) in [5, 5.41) is 6.58. The van der Waals surface area contributed by atoms with Crippen molar-refractivity contribution in [1.29, 1.82) is 0 Å². The van der Waals surface area contributed by atoms with E-state index in [1.165, 1.54) is 5.69 Å². The molecular formula is C24H31FN6O. The molecule has 0 spiro atoms. The van der Waals surface area contributed by atoms with Crippen LogP contribution in [-0.2, 0) is 4.74 Å². The molecule has 1 aliphatic rings. The Balaban J connectivity index is 1.51. The number of halogens is 1. The number of hydrogen-bond donors (Lipinski definition) is 2. The lowest BCUT2D eigenvalue weighted by Gasteiger charge is -2.28. The van der Waals surface area contributed by atoms with Crippen LogP contribution in [0.1, 0.15) is 13.8 Å². The van der Waals surface area contributed by atoms with Crippen molar-refractivity contribution in [2.24, 2.45) is 5.92 Å². The van der Waals surface area contributed by atoms with E-state index in [0.29, 0.717) is 24.8 Å². The van der Waals surface area contributed by atoms with E-state index in [9.17, 15) is 4.39 Å². The number of pyridine rings is 1. The van der Waals surface area contributed by atoms with Gasteiger partial charge in [-0.3, -0.25) is 4.98 Å². The van der Waals surface area contributed by atoms with Gasteiger partial charge in [0.1, 0.15) is 11.7 Å². The minimum Gasteiger partial charge on any atom is -0.378 e. The number of rotatable bonds is 9. The van der Waals surface area contributed by atoms with Crippen molar-refractivity contribution in [1.82, 2.24) is 20.3 Å². The Morgan fingerprint density at radius 3 is 2.53 bits per heavy atom. The molecule has 8 heteroatoms. The van der Waals surface area contributed by atoms with Crippen molar-refractivity contribution in [3.8, 4) is 11.3 Å². The summed E-state index contributed by atoms with van der Waals surface area (Å²) in [4.78, 5) is 16.2. The maximum absolute atomic E-state index is 13.0. The molecule has 0 amide bonds. The first-order valence-corrected chi connectivity index (χ1v) is 11.2. The standard InChI is InChI=1S/C24H31FN6O/c1-17(14-26-16-18(2)25)15-29-24-23-22(27-7-8-28-23)13-21(30-24)19-3-5-20(6-4-19)31-9-11-32-12-10-31/h3-8,13,17-18,26H,9-12,14-16H2,1-2H3,(H,29,30). The third-order valence-electron chi connectivity index (χ3n) is 5.53. The van der Waals surface area contributed by atoms with Crippen LogP contribution in [0.15, 0.2) is 42.7 Å². The van der Waals surface area contributed by atoms with Gasteiger partial charge in [-0.2, -0.15) is 0 Å². The van der Waals surface area contributed by atoms with E-state index in [4.69, 9.17) is 9.72 Å².